The maximum Gasteiger partial charge on any atom is 0.326 e. The first-order chi connectivity index (χ1) is 11.0. The molecule has 3 N–H and O–H groups in total. The van der Waals surface area contributed by atoms with Crippen molar-refractivity contribution in [3.8, 4) is 5.75 Å². The van der Waals surface area contributed by atoms with Gasteiger partial charge < -0.3 is 15.8 Å². The van der Waals surface area contributed by atoms with E-state index in [4.69, 9.17) is 10.5 Å². The van der Waals surface area contributed by atoms with Gasteiger partial charge in [-0.05, 0) is 31.2 Å². The molecule has 1 atom stereocenters. The van der Waals surface area contributed by atoms with Crippen LogP contribution in [0, 0.1) is 6.92 Å². The zero-order valence-electron chi connectivity index (χ0n) is 12.7. The Labute approximate surface area is 133 Å². The molecule has 6 nitrogen and oxygen atoms in total. The van der Waals surface area contributed by atoms with Crippen LogP contribution in [0.2, 0.25) is 0 Å². The van der Waals surface area contributed by atoms with Crippen molar-refractivity contribution in [2.24, 2.45) is 5.73 Å². The third kappa shape index (κ3) is 3.11. The van der Waals surface area contributed by atoms with Crippen molar-refractivity contribution in [1.82, 2.24) is 0 Å². The minimum Gasteiger partial charge on any atom is -0.477 e. The Morgan fingerprint density at radius 3 is 2.57 bits per heavy atom. The molecule has 23 heavy (non-hydrogen) atoms. The zero-order valence-corrected chi connectivity index (χ0v) is 12.7. The normalized spacial score (nSPS) is 16.2. The molecule has 0 saturated heterocycles. The third-order valence-electron chi connectivity index (χ3n) is 3.64. The predicted octanol–water partition coefficient (Wildman–Crippen LogP) is 2.28. The van der Waals surface area contributed by atoms with Gasteiger partial charge in [0, 0.05) is 5.69 Å². The van der Waals surface area contributed by atoms with E-state index in [1.165, 1.54) is 4.90 Å². The number of carbonyl (C=O) groups excluding carboxylic acids is 2. The monoisotopic (exact) mass is 311 g/mol. The maximum atomic E-state index is 12.6. The maximum absolute atomic E-state index is 12.6. The molecule has 6 heteroatoms. The van der Waals surface area contributed by atoms with Gasteiger partial charge in [-0.2, -0.15) is 0 Å². The van der Waals surface area contributed by atoms with Gasteiger partial charge >= 0.3 is 6.03 Å². The molecule has 0 saturated carbocycles. The fraction of sp³-hybridized carbons (Fsp3) is 0.176. The summed E-state index contributed by atoms with van der Waals surface area (Å²) in [6, 6.07) is 14.2. The fourth-order valence-electron chi connectivity index (χ4n) is 2.40. The number of hydrogen-bond acceptors (Lipinski definition) is 3. The average molecular weight is 311 g/mol. The van der Waals surface area contributed by atoms with E-state index >= 15 is 0 Å². The number of nitrogens with zero attached hydrogens (tertiary/aromatic N) is 1. The second-order valence-electron chi connectivity index (χ2n) is 5.38. The van der Waals surface area contributed by atoms with E-state index < -0.39 is 12.0 Å². The summed E-state index contributed by atoms with van der Waals surface area (Å²) in [7, 11) is 0. The van der Waals surface area contributed by atoms with Gasteiger partial charge in [-0.15, -0.1) is 0 Å². The van der Waals surface area contributed by atoms with Crippen LogP contribution < -0.4 is 20.7 Å². The van der Waals surface area contributed by atoms with E-state index in [1.807, 2.05) is 31.2 Å². The van der Waals surface area contributed by atoms with Crippen molar-refractivity contribution < 1.29 is 14.3 Å². The number of amides is 3. The van der Waals surface area contributed by atoms with Crippen LogP contribution in [0.1, 0.15) is 5.56 Å². The molecule has 0 spiro atoms. The van der Waals surface area contributed by atoms with Gasteiger partial charge in [0.1, 0.15) is 5.75 Å². The largest absolute Gasteiger partial charge is 0.477 e. The molecular weight excluding hydrogens is 294 g/mol. The number of anilines is 2. The number of benzene rings is 2. The van der Waals surface area contributed by atoms with Gasteiger partial charge in [0.15, 0.2) is 6.10 Å². The molecule has 0 bridgehead atoms. The van der Waals surface area contributed by atoms with E-state index in [2.05, 4.69) is 5.32 Å². The number of nitrogens with one attached hydrogen (secondary N) is 1. The van der Waals surface area contributed by atoms with Gasteiger partial charge in [-0.3, -0.25) is 9.69 Å². The van der Waals surface area contributed by atoms with Crippen LogP contribution in [0.5, 0.6) is 5.75 Å². The Kier molecular flexibility index (Phi) is 3.89. The number of primary amides is 1. The van der Waals surface area contributed by atoms with Crippen molar-refractivity contribution in [2.75, 3.05) is 16.8 Å². The standard InChI is InChI=1S/C17H17N3O3/c1-11-6-8-12(9-7-11)19-17(22)20-10-15(16(18)21)23-14-5-3-2-4-13(14)20/h2-9,15H,10H2,1H3,(H2,18,21)(H,19,22). The van der Waals surface area contributed by atoms with Crippen LogP contribution in [-0.2, 0) is 4.79 Å². The number of urea groups is 1. The number of fused-ring (bicyclic) bond motifs is 1. The van der Waals surface area contributed by atoms with E-state index in [-0.39, 0.29) is 12.6 Å². The summed E-state index contributed by atoms with van der Waals surface area (Å²) < 4.78 is 5.54. The van der Waals surface area contributed by atoms with Gasteiger partial charge in [0.2, 0.25) is 0 Å². The Morgan fingerprint density at radius 2 is 1.87 bits per heavy atom. The Bertz CT molecular complexity index is 743. The summed E-state index contributed by atoms with van der Waals surface area (Å²) in [4.78, 5) is 25.5. The minimum atomic E-state index is -0.867. The molecule has 0 radical (unpaired) electrons. The molecule has 1 aliphatic rings. The first-order valence-electron chi connectivity index (χ1n) is 7.25. The third-order valence-corrected chi connectivity index (χ3v) is 3.64. The quantitative estimate of drug-likeness (QED) is 0.892. The Morgan fingerprint density at radius 1 is 1.17 bits per heavy atom. The second-order valence-corrected chi connectivity index (χ2v) is 5.38. The topological polar surface area (TPSA) is 84.7 Å². The lowest BCUT2D eigenvalue weighted by molar-refractivity contribution is -0.124. The summed E-state index contributed by atoms with van der Waals surface area (Å²) >= 11 is 0. The molecule has 0 aromatic heterocycles. The van der Waals surface area contributed by atoms with Gasteiger partial charge in [-0.1, -0.05) is 29.8 Å². The predicted molar refractivity (Wildman–Crippen MR) is 87.6 cm³/mol. The fourth-order valence-corrected chi connectivity index (χ4v) is 2.40. The molecule has 2 aromatic rings. The van der Waals surface area contributed by atoms with Crippen LogP contribution >= 0.6 is 0 Å². The molecular formula is C17H17N3O3. The van der Waals surface area contributed by atoms with Crippen molar-refractivity contribution in [3.63, 3.8) is 0 Å². The first-order valence-corrected chi connectivity index (χ1v) is 7.25. The lowest BCUT2D eigenvalue weighted by Crippen LogP contribution is -2.50. The number of aryl methyl sites for hydroxylation is 1. The highest BCUT2D eigenvalue weighted by Crippen LogP contribution is 2.33. The lowest BCUT2D eigenvalue weighted by Gasteiger charge is -2.33. The number of nitrogens with two attached hydrogens (primary N) is 1. The van der Waals surface area contributed by atoms with Crippen molar-refractivity contribution in [1.29, 1.82) is 0 Å². The van der Waals surface area contributed by atoms with Gasteiger partial charge in [0.25, 0.3) is 5.91 Å². The zero-order chi connectivity index (χ0) is 16.4. The molecule has 1 heterocycles. The highest BCUT2D eigenvalue weighted by atomic mass is 16.5. The van der Waals surface area contributed by atoms with Crippen LogP contribution in [0.15, 0.2) is 48.5 Å². The molecule has 0 fully saturated rings. The number of rotatable bonds is 2. The van der Waals surface area contributed by atoms with E-state index in [0.29, 0.717) is 17.1 Å². The van der Waals surface area contributed by atoms with Crippen LogP contribution in [0.4, 0.5) is 16.2 Å². The van der Waals surface area contributed by atoms with Crippen molar-refractivity contribution in [3.05, 3.63) is 54.1 Å². The first kappa shape index (κ1) is 14.9. The van der Waals surface area contributed by atoms with Crippen molar-refractivity contribution >= 4 is 23.3 Å². The van der Waals surface area contributed by atoms with E-state index in [1.54, 1.807) is 24.3 Å². The highest BCUT2D eigenvalue weighted by molar-refractivity contribution is 6.03. The molecule has 3 rings (SSSR count). The van der Waals surface area contributed by atoms with E-state index in [9.17, 15) is 9.59 Å². The summed E-state index contributed by atoms with van der Waals surface area (Å²) in [5, 5.41) is 2.82. The lowest BCUT2D eigenvalue weighted by atomic mass is 10.2. The SMILES string of the molecule is Cc1ccc(NC(=O)N2CC(C(N)=O)Oc3ccccc32)cc1. The Balaban J connectivity index is 1.86. The summed E-state index contributed by atoms with van der Waals surface area (Å²) in [6.07, 6.45) is -0.867. The number of carbonyl (C=O) groups is 2. The highest BCUT2D eigenvalue weighted by Gasteiger charge is 2.32. The van der Waals surface area contributed by atoms with Crippen molar-refractivity contribution in [2.45, 2.75) is 13.0 Å². The van der Waals surface area contributed by atoms with Gasteiger partial charge in [-0.25, -0.2) is 4.79 Å². The minimum absolute atomic E-state index is 0.0735. The summed E-state index contributed by atoms with van der Waals surface area (Å²) in [5.74, 6) is -0.144. The van der Waals surface area contributed by atoms with Crippen LogP contribution in [0.3, 0.4) is 0 Å². The second kappa shape index (κ2) is 6.00. The molecule has 3 amide bonds. The van der Waals surface area contributed by atoms with Gasteiger partial charge in [0.05, 0.1) is 12.2 Å². The van der Waals surface area contributed by atoms with Crippen LogP contribution in [-0.4, -0.2) is 24.6 Å². The smallest absolute Gasteiger partial charge is 0.326 e. The molecule has 1 unspecified atom stereocenters. The number of para-hydroxylation sites is 2. The Hall–Kier alpha value is -3.02. The molecule has 118 valence electrons. The van der Waals surface area contributed by atoms with E-state index in [0.717, 1.165) is 5.56 Å². The number of ether oxygens (including phenoxy) is 1. The summed E-state index contributed by atoms with van der Waals surface area (Å²) in [5.41, 5.74) is 7.73. The average Bonchev–Trinajstić information content (AvgIpc) is 2.55. The number of hydrogen-bond donors (Lipinski definition) is 2. The van der Waals surface area contributed by atoms with Crippen LogP contribution in [0.25, 0.3) is 0 Å². The molecule has 1 aliphatic heterocycles. The molecule has 0 aliphatic carbocycles. The summed E-state index contributed by atoms with van der Waals surface area (Å²) in [6.45, 7) is 2.05. The molecule has 2 aromatic carbocycles.